The minimum absolute atomic E-state index is 0.00408. The standard InChI is InChI=1S/C19H15F3N2OS2/c1-26-24-14-9-5-8-13(10-14)23-18(25)16-11-15(12-6-3-2-4-7-12)17(27-16)19(20,21)22/h2-11,24H,1H3,(H,23,25). The van der Waals surface area contributed by atoms with Crippen molar-refractivity contribution in [2.24, 2.45) is 0 Å². The molecule has 8 heteroatoms. The lowest BCUT2D eigenvalue weighted by Gasteiger charge is -2.07. The van der Waals surface area contributed by atoms with Gasteiger partial charge in [-0.05, 0) is 29.8 Å². The van der Waals surface area contributed by atoms with Crippen LogP contribution in [0.4, 0.5) is 24.5 Å². The molecule has 0 atom stereocenters. The number of benzene rings is 2. The molecule has 0 unspecified atom stereocenters. The maximum absolute atomic E-state index is 13.4. The Labute approximate surface area is 162 Å². The molecular formula is C19H15F3N2OS2. The Morgan fingerprint density at radius 1 is 1.00 bits per heavy atom. The van der Waals surface area contributed by atoms with Gasteiger partial charge in [0.1, 0.15) is 4.88 Å². The van der Waals surface area contributed by atoms with Crippen LogP contribution in [0.15, 0.2) is 60.7 Å². The quantitative estimate of drug-likeness (QED) is 0.482. The molecule has 0 aliphatic heterocycles. The van der Waals surface area contributed by atoms with Gasteiger partial charge >= 0.3 is 6.18 Å². The predicted molar refractivity (Wildman–Crippen MR) is 106 cm³/mol. The van der Waals surface area contributed by atoms with Crippen LogP contribution >= 0.6 is 23.3 Å². The Morgan fingerprint density at radius 2 is 1.70 bits per heavy atom. The lowest BCUT2D eigenvalue weighted by atomic mass is 10.1. The fourth-order valence-corrected chi connectivity index (χ4v) is 3.82. The number of thiophene rings is 1. The van der Waals surface area contributed by atoms with E-state index in [2.05, 4.69) is 10.0 Å². The average Bonchev–Trinajstić information content (AvgIpc) is 3.09. The molecule has 0 aliphatic carbocycles. The number of carbonyl (C=O) groups excluding carboxylic acids is 1. The molecule has 140 valence electrons. The Balaban J connectivity index is 1.91. The van der Waals surface area contributed by atoms with E-state index in [1.54, 1.807) is 48.5 Å². The largest absolute Gasteiger partial charge is 0.426 e. The molecule has 2 aromatic carbocycles. The third kappa shape index (κ3) is 4.64. The van der Waals surface area contributed by atoms with Crippen molar-refractivity contribution in [2.75, 3.05) is 16.3 Å². The van der Waals surface area contributed by atoms with Gasteiger partial charge in [0.05, 0.1) is 4.88 Å². The zero-order valence-electron chi connectivity index (χ0n) is 14.1. The smallest absolute Gasteiger partial charge is 0.330 e. The summed E-state index contributed by atoms with van der Waals surface area (Å²) in [5.74, 6) is -0.575. The first-order chi connectivity index (χ1) is 12.9. The van der Waals surface area contributed by atoms with Gasteiger partial charge in [-0.15, -0.1) is 11.3 Å². The number of halogens is 3. The number of hydrogen-bond acceptors (Lipinski definition) is 4. The number of carbonyl (C=O) groups is 1. The Bertz CT molecular complexity index is 940. The van der Waals surface area contributed by atoms with Crippen molar-refractivity contribution in [1.29, 1.82) is 0 Å². The first-order valence-corrected chi connectivity index (χ1v) is 9.89. The highest BCUT2D eigenvalue weighted by atomic mass is 32.2. The summed E-state index contributed by atoms with van der Waals surface area (Å²) < 4.78 is 43.4. The van der Waals surface area contributed by atoms with Gasteiger partial charge in [0.25, 0.3) is 5.91 Å². The highest BCUT2D eigenvalue weighted by molar-refractivity contribution is 7.99. The van der Waals surface area contributed by atoms with Gasteiger partial charge in [0.15, 0.2) is 0 Å². The van der Waals surface area contributed by atoms with Crippen LogP contribution in [0.5, 0.6) is 0 Å². The van der Waals surface area contributed by atoms with E-state index in [1.807, 2.05) is 12.3 Å². The SMILES string of the molecule is CSNc1cccc(NC(=O)c2cc(-c3ccccc3)c(C(F)(F)F)s2)c1. The zero-order valence-corrected chi connectivity index (χ0v) is 15.8. The van der Waals surface area contributed by atoms with Crippen LogP contribution in [0.1, 0.15) is 14.5 Å². The normalized spacial score (nSPS) is 11.3. The van der Waals surface area contributed by atoms with Gasteiger partial charge < -0.3 is 10.0 Å². The molecule has 0 saturated carbocycles. The van der Waals surface area contributed by atoms with E-state index in [9.17, 15) is 18.0 Å². The summed E-state index contributed by atoms with van der Waals surface area (Å²) in [6, 6.07) is 16.5. The van der Waals surface area contributed by atoms with Crippen molar-refractivity contribution in [3.8, 4) is 11.1 Å². The number of amides is 1. The van der Waals surface area contributed by atoms with E-state index in [4.69, 9.17) is 0 Å². The summed E-state index contributed by atoms with van der Waals surface area (Å²) in [4.78, 5) is 11.7. The fraction of sp³-hybridized carbons (Fsp3) is 0.105. The molecule has 2 N–H and O–H groups in total. The predicted octanol–water partition coefficient (Wildman–Crippen LogP) is 6.38. The summed E-state index contributed by atoms with van der Waals surface area (Å²) >= 11 is 1.84. The van der Waals surface area contributed by atoms with Crippen molar-refractivity contribution >= 4 is 40.6 Å². The number of rotatable bonds is 5. The molecule has 3 aromatic rings. The molecule has 0 bridgehead atoms. The Morgan fingerprint density at radius 3 is 2.37 bits per heavy atom. The minimum atomic E-state index is -4.53. The Kier molecular flexibility index (Phi) is 5.76. The van der Waals surface area contributed by atoms with Crippen LogP contribution in [0, 0.1) is 0 Å². The van der Waals surface area contributed by atoms with Crippen LogP contribution in [0.3, 0.4) is 0 Å². The van der Waals surface area contributed by atoms with Crippen molar-refractivity contribution in [3.63, 3.8) is 0 Å². The van der Waals surface area contributed by atoms with E-state index in [0.29, 0.717) is 22.6 Å². The van der Waals surface area contributed by atoms with Crippen LogP contribution in [0.25, 0.3) is 11.1 Å². The highest BCUT2D eigenvalue weighted by Crippen LogP contribution is 2.42. The monoisotopic (exact) mass is 408 g/mol. The molecule has 0 radical (unpaired) electrons. The zero-order chi connectivity index (χ0) is 19.4. The molecule has 1 aromatic heterocycles. The van der Waals surface area contributed by atoms with Crippen molar-refractivity contribution in [3.05, 3.63) is 70.4 Å². The van der Waals surface area contributed by atoms with Crippen LogP contribution in [-0.2, 0) is 6.18 Å². The third-order valence-corrected chi connectivity index (χ3v) is 5.26. The third-order valence-electron chi connectivity index (χ3n) is 3.64. The molecule has 3 nitrogen and oxygen atoms in total. The van der Waals surface area contributed by atoms with Crippen molar-refractivity contribution < 1.29 is 18.0 Å². The first kappa shape index (κ1) is 19.3. The summed E-state index contributed by atoms with van der Waals surface area (Å²) in [5, 5.41) is 2.66. The van der Waals surface area contributed by atoms with Gasteiger partial charge in [-0.2, -0.15) is 13.2 Å². The van der Waals surface area contributed by atoms with E-state index >= 15 is 0 Å². The fourth-order valence-electron chi connectivity index (χ4n) is 2.52. The maximum Gasteiger partial charge on any atom is 0.426 e. The lowest BCUT2D eigenvalue weighted by Crippen LogP contribution is -2.10. The number of hydrogen-bond donors (Lipinski definition) is 2. The van der Waals surface area contributed by atoms with Crippen LogP contribution < -0.4 is 10.0 Å². The number of nitrogens with one attached hydrogen (secondary N) is 2. The van der Waals surface area contributed by atoms with Crippen LogP contribution in [-0.4, -0.2) is 12.2 Å². The summed E-state index contributed by atoms with van der Waals surface area (Å²) in [6.45, 7) is 0. The number of alkyl halides is 3. The van der Waals surface area contributed by atoms with E-state index in [-0.39, 0.29) is 10.4 Å². The highest BCUT2D eigenvalue weighted by Gasteiger charge is 2.37. The van der Waals surface area contributed by atoms with E-state index in [1.165, 1.54) is 18.0 Å². The molecular weight excluding hydrogens is 393 g/mol. The summed E-state index contributed by atoms with van der Waals surface area (Å²) in [5.41, 5.74) is 1.72. The molecule has 0 saturated heterocycles. The van der Waals surface area contributed by atoms with E-state index in [0.717, 1.165) is 5.69 Å². The Hall–Kier alpha value is -2.45. The van der Waals surface area contributed by atoms with Gasteiger partial charge in [-0.1, -0.05) is 48.3 Å². The number of anilines is 2. The molecule has 1 amide bonds. The lowest BCUT2D eigenvalue weighted by molar-refractivity contribution is -0.133. The summed E-state index contributed by atoms with van der Waals surface area (Å²) in [7, 11) is 0. The van der Waals surface area contributed by atoms with Crippen molar-refractivity contribution in [2.45, 2.75) is 6.18 Å². The van der Waals surface area contributed by atoms with E-state index < -0.39 is 17.0 Å². The average molecular weight is 408 g/mol. The van der Waals surface area contributed by atoms with Gasteiger partial charge in [0, 0.05) is 23.2 Å². The van der Waals surface area contributed by atoms with Gasteiger partial charge in [-0.25, -0.2) is 0 Å². The molecule has 0 aliphatic rings. The summed E-state index contributed by atoms with van der Waals surface area (Å²) in [6.07, 6.45) is -2.67. The molecule has 3 rings (SSSR count). The molecule has 0 spiro atoms. The minimum Gasteiger partial charge on any atom is -0.330 e. The van der Waals surface area contributed by atoms with Gasteiger partial charge in [-0.3, -0.25) is 4.79 Å². The maximum atomic E-state index is 13.4. The second kappa shape index (κ2) is 8.06. The van der Waals surface area contributed by atoms with Crippen LogP contribution in [0.2, 0.25) is 0 Å². The molecule has 1 heterocycles. The second-order valence-electron chi connectivity index (χ2n) is 5.56. The van der Waals surface area contributed by atoms with Gasteiger partial charge in [0.2, 0.25) is 0 Å². The molecule has 0 fully saturated rings. The molecule has 27 heavy (non-hydrogen) atoms. The topological polar surface area (TPSA) is 41.1 Å². The second-order valence-corrected chi connectivity index (χ2v) is 7.22. The first-order valence-electron chi connectivity index (χ1n) is 7.85. The van der Waals surface area contributed by atoms with Crippen molar-refractivity contribution in [1.82, 2.24) is 0 Å².